The number of rotatable bonds is 59. The number of hydrogen-bond acceptors (Lipinski definition) is 25. The van der Waals surface area contributed by atoms with Gasteiger partial charge in [-0.2, -0.15) is 0 Å². The lowest BCUT2D eigenvalue weighted by molar-refractivity contribution is -0.142. The normalized spacial score (nSPS) is 14.3. The molecule has 0 aliphatic heterocycles. The third-order valence-electron chi connectivity index (χ3n) is 19.8. The average molecular weight is 1940 g/mol. The van der Waals surface area contributed by atoms with E-state index in [2.05, 4.69) is 111 Å². The van der Waals surface area contributed by atoms with E-state index in [1.54, 1.807) is 76.2 Å². The van der Waals surface area contributed by atoms with Crippen LogP contribution in [-0.2, 0) is 118 Å². The van der Waals surface area contributed by atoms with Crippen molar-refractivity contribution < 1.29 is 131 Å². The van der Waals surface area contributed by atoms with E-state index in [4.69, 9.17) is 28.3 Å². The van der Waals surface area contributed by atoms with Crippen molar-refractivity contribution >= 4 is 163 Å². The number of benzene rings is 2. The van der Waals surface area contributed by atoms with E-state index in [-0.39, 0.29) is 51.0 Å². The van der Waals surface area contributed by atoms with Crippen LogP contribution in [0.2, 0.25) is 0 Å². The molecule has 18 amide bonds. The van der Waals surface area contributed by atoms with Crippen molar-refractivity contribution in [3.63, 3.8) is 0 Å². The van der Waals surface area contributed by atoms with Gasteiger partial charge in [0.15, 0.2) is 5.96 Å². The molecule has 2 aromatic carbocycles. The Balaban J connectivity index is 1.77. The molecule has 3 aromatic rings. The molecule has 0 spiro atoms. The monoisotopic (exact) mass is 1940 g/mol. The molecule has 0 unspecified atom stereocenters. The Kier molecular flexibility index (Phi) is 47.0. The minimum absolute atomic E-state index is 0.0379. The van der Waals surface area contributed by atoms with Crippen molar-refractivity contribution in [3.05, 3.63) is 70.3 Å². The number of primary amides is 2. The van der Waals surface area contributed by atoms with Crippen molar-refractivity contribution in [1.82, 2.24) is 95.4 Å². The van der Waals surface area contributed by atoms with Gasteiger partial charge in [0, 0.05) is 53.8 Å². The van der Waals surface area contributed by atoms with Gasteiger partial charge in [-0.3, -0.25) is 111 Å². The maximum atomic E-state index is 14.5. The summed E-state index contributed by atoms with van der Waals surface area (Å²) in [5, 5.41) is 97.1. The first-order chi connectivity index (χ1) is 62.1. The van der Waals surface area contributed by atoms with Gasteiger partial charge in [-0.15, -0.1) is 0 Å². The van der Waals surface area contributed by atoms with Crippen LogP contribution in [0.3, 0.4) is 0 Å². The number of aliphatic hydroxyl groups excluding tert-OH is 1. The highest BCUT2D eigenvalue weighted by Gasteiger charge is 2.41. The second-order valence-corrected chi connectivity index (χ2v) is 33.9. The quantitative estimate of drug-likeness (QED) is 0.0142. The van der Waals surface area contributed by atoms with Crippen molar-refractivity contribution in [1.29, 1.82) is 5.41 Å². The van der Waals surface area contributed by atoms with E-state index in [9.17, 15) is 131 Å². The van der Waals surface area contributed by atoms with Gasteiger partial charge in [-0.1, -0.05) is 87.8 Å². The molecule has 133 heavy (non-hydrogen) atoms. The Hall–Kier alpha value is -14.0. The fraction of sp³-hybridized carbons (Fsp3) is 0.549. The number of aliphatic carboxylic acids is 4. The summed E-state index contributed by atoms with van der Waals surface area (Å²) in [4.78, 5) is 296. The van der Waals surface area contributed by atoms with Crippen LogP contribution in [0.5, 0.6) is 0 Å². The maximum Gasteiger partial charge on any atom is 0.305 e. The van der Waals surface area contributed by atoms with Crippen molar-refractivity contribution in [2.45, 2.75) is 243 Å². The summed E-state index contributed by atoms with van der Waals surface area (Å²) in [5.74, 6) is -28.3. The molecule has 1 aromatic heterocycles. The average Bonchev–Trinajstić information content (AvgIpc) is 1.63. The molecule has 3 rings (SSSR count). The predicted octanol–water partition coefficient (Wildman–Crippen LogP) is -7.44. The summed E-state index contributed by atoms with van der Waals surface area (Å²) < 4.78 is 0.708. The molecular formula is C82H122BrN23O27. The summed E-state index contributed by atoms with van der Waals surface area (Å²) in [6, 6.07) is -8.40. The highest BCUT2D eigenvalue weighted by Crippen LogP contribution is 2.22. The zero-order valence-electron chi connectivity index (χ0n) is 74.9. The number of nitrogens with one attached hydrogen (secondary N) is 19. The van der Waals surface area contributed by atoms with Gasteiger partial charge in [0.1, 0.15) is 78.0 Å². The lowest BCUT2D eigenvalue weighted by atomic mass is 9.98. The zero-order chi connectivity index (χ0) is 101. The summed E-state index contributed by atoms with van der Waals surface area (Å²) in [6.07, 6.45) is -6.92. The maximum absolute atomic E-state index is 14.5. The van der Waals surface area contributed by atoms with Crippen molar-refractivity contribution in [2.75, 3.05) is 26.2 Å². The molecule has 0 saturated carbocycles. The molecule has 0 bridgehead atoms. The topological polar surface area (TPSA) is 825 Å². The number of carbonyl (C=O) groups is 22. The molecule has 0 fully saturated rings. The largest absolute Gasteiger partial charge is 0.481 e. The smallest absolute Gasteiger partial charge is 0.305 e. The number of H-pyrrole nitrogens is 1. The Labute approximate surface area is 771 Å². The Morgan fingerprint density at radius 2 is 0.880 bits per heavy atom. The first kappa shape index (κ1) is 113. The van der Waals surface area contributed by atoms with Gasteiger partial charge in [0.2, 0.25) is 106 Å². The molecule has 1 heterocycles. The van der Waals surface area contributed by atoms with Crippen LogP contribution < -0.4 is 113 Å². The van der Waals surface area contributed by atoms with Gasteiger partial charge in [-0.25, -0.2) is 0 Å². The van der Waals surface area contributed by atoms with E-state index < -0.39 is 303 Å². The summed E-state index contributed by atoms with van der Waals surface area (Å²) in [7, 11) is 0. The number of nitrogens with two attached hydrogens (primary N) is 4. The standard InChI is InChI=1S/C82H122BrN23O27/c1-37(2)26-51(73(126)100-55(31-57(85)108)70(123)93-35-59(110)91-34-58(109)92-36-60(111)94-40(7)68(121)97-53(28-42-17-19-44(83)20-18-42)74(127)95-48(67(86)120)16-13-25-89-81(87)88)99-75(128)56(32-64(118)119)101-71(124)49(21-23-61(112)113)96-78(131)65(39(5)6)104-76(129)52(27-38(3)4)98-72(125)50(22-24-62(114)115)103-80(133)82(9,10)106-77(130)54(29-43-33-90-47-15-12-11-14-45(43)47)102-79(132)66(41(8)107)105-69(122)46(84)30-63(116)117/h11-12,14-15,17-20,33,37-41,46,48-56,65-66,90,107H,13,16,21-32,34-36,84H2,1-10H3,(H2,85,108)(H2,86,120)(H,91,110)(H,92,109)(H,93,123)(H,94,111)(H,95,127)(H,96,131)(H,97,121)(H,98,125)(H,99,128)(H,100,126)(H,101,124)(H,102,132)(H,103,133)(H,104,129)(H,105,122)(H,106,130)(H,112,113)(H,114,115)(H,116,117)(H,118,119)(H4,87,88,89)/t40-,41+,46+,48-,49+,50+,51+,52+,53-,54+,55+,56+,65+,66+/m0/s1. The number of guanidine groups is 1. The Morgan fingerprint density at radius 3 is 1.39 bits per heavy atom. The van der Waals surface area contributed by atoms with Crippen LogP contribution in [0.25, 0.3) is 10.9 Å². The lowest BCUT2D eigenvalue weighted by Gasteiger charge is -2.31. The molecule has 0 aliphatic rings. The molecule has 32 N–H and O–H groups in total. The summed E-state index contributed by atoms with van der Waals surface area (Å²) in [6.45, 7) is 11.6. The van der Waals surface area contributed by atoms with Crippen molar-refractivity contribution in [2.24, 2.45) is 40.7 Å². The van der Waals surface area contributed by atoms with Gasteiger partial charge in [-0.05, 0) is 113 Å². The van der Waals surface area contributed by atoms with Crippen LogP contribution >= 0.6 is 15.9 Å². The van der Waals surface area contributed by atoms with Gasteiger partial charge in [0.05, 0.1) is 51.0 Å². The van der Waals surface area contributed by atoms with E-state index in [1.807, 2.05) is 0 Å². The highest BCUT2D eigenvalue weighted by atomic mass is 79.9. The molecule has 0 radical (unpaired) electrons. The van der Waals surface area contributed by atoms with Gasteiger partial charge in [0.25, 0.3) is 0 Å². The molecular weight excluding hydrogens is 1820 g/mol. The molecule has 0 aliphatic carbocycles. The summed E-state index contributed by atoms with van der Waals surface area (Å²) in [5.41, 5.74) is 21.5. The zero-order valence-corrected chi connectivity index (χ0v) is 76.5. The second-order valence-electron chi connectivity index (χ2n) is 33.0. The number of aromatic amines is 1. The number of fused-ring (bicyclic) bond motifs is 1. The van der Waals surface area contributed by atoms with E-state index in [1.165, 1.54) is 40.8 Å². The number of carboxylic acid groups (broad SMARTS) is 4. The Bertz CT molecular complexity index is 4700. The minimum Gasteiger partial charge on any atom is -0.481 e. The first-order valence-corrected chi connectivity index (χ1v) is 42.9. The second kappa shape index (κ2) is 55.2. The molecule has 50 nitrogen and oxygen atoms in total. The third kappa shape index (κ3) is 41.8. The van der Waals surface area contributed by atoms with Crippen LogP contribution in [0.15, 0.2) is 59.2 Å². The number of carboxylic acids is 4. The number of aromatic nitrogens is 1. The van der Waals surface area contributed by atoms with Crippen LogP contribution in [0.4, 0.5) is 0 Å². The molecule has 14 atom stereocenters. The summed E-state index contributed by atoms with van der Waals surface area (Å²) >= 11 is 3.32. The van der Waals surface area contributed by atoms with Crippen LogP contribution in [0.1, 0.15) is 151 Å². The fourth-order valence-electron chi connectivity index (χ4n) is 12.7. The SMILES string of the molecule is CC(C)C[C@@H](NC(=O)[C@@H](CC(=O)O)NC(=O)[C@@H](CCC(=O)O)NC(=O)[C@H](NC(=O)[C@@H](CC(C)C)NC(=O)[C@@H](CCC(=O)O)NC(=O)C(C)(C)NC(=O)[C@@H](Cc1c[nH]c2ccccc12)NC(=O)[C@H](NC(=O)[C@H](N)CC(=O)O)[C@@H](C)O)C(C)C)C(=O)N[C@H](CC(N)=O)C(=O)NCC(=O)NCC(=O)NCC(=O)N[C@@H](C)C(=O)N[C@@H](Cc1ccc(Br)cc1)C(=O)N[C@@H](CCCNC(=N)N)C(N)=O. The highest BCUT2D eigenvalue weighted by molar-refractivity contribution is 9.10. The molecule has 51 heteroatoms. The molecule has 0 saturated heterocycles. The number of carbonyl (C=O) groups excluding carboxylic acids is 18. The van der Waals surface area contributed by atoms with E-state index >= 15 is 0 Å². The number of amides is 18. The third-order valence-corrected chi connectivity index (χ3v) is 20.3. The van der Waals surface area contributed by atoms with E-state index in [0.29, 0.717) is 26.5 Å². The Morgan fingerprint density at radius 1 is 0.436 bits per heavy atom. The predicted molar refractivity (Wildman–Crippen MR) is 474 cm³/mol. The van der Waals surface area contributed by atoms with E-state index in [0.717, 1.165) is 6.92 Å². The number of hydrogen-bond donors (Lipinski definition) is 28. The van der Waals surface area contributed by atoms with Gasteiger partial charge < -0.3 is 144 Å². The van der Waals surface area contributed by atoms with Crippen LogP contribution in [-0.4, -0.2) is 283 Å². The molecule has 734 valence electrons. The van der Waals surface area contributed by atoms with Gasteiger partial charge >= 0.3 is 23.9 Å². The van der Waals surface area contributed by atoms with Crippen LogP contribution in [0, 0.1) is 23.2 Å². The number of aliphatic hydroxyl groups is 1. The minimum atomic E-state index is -2.16. The lowest BCUT2D eigenvalue weighted by Crippen LogP contribution is -2.64. The first-order valence-electron chi connectivity index (χ1n) is 42.1. The number of halogens is 1. The fourth-order valence-corrected chi connectivity index (χ4v) is 13.0. The number of para-hydroxylation sites is 1. The van der Waals surface area contributed by atoms with Crippen molar-refractivity contribution in [3.8, 4) is 0 Å².